The molecule has 0 radical (unpaired) electrons. The van der Waals surface area contributed by atoms with E-state index in [1.54, 1.807) is 0 Å². The molecule has 0 aromatic heterocycles. The van der Waals surface area contributed by atoms with E-state index in [-0.39, 0.29) is 12.4 Å². The summed E-state index contributed by atoms with van der Waals surface area (Å²) >= 11 is 0. The second-order valence-electron chi connectivity index (χ2n) is 3.56. The summed E-state index contributed by atoms with van der Waals surface area (Å²) in [6.45, 7) is 2.29. The average molecular weight is 251 g/mol. The molecule has 0 spiro atoms. The predicted octanol–water partition coefficient (Wildman–Crippen LogP) is -0.125. The van der Waals surface area contributed by atoms with Gasteiger partial charge in [-0.25, -0.2) is 0 Å². The van der Waals surface area contributed by atoms with Crippen molar-refractivity contribution in [1.29, 1.82) is 0 Å². The first-order valence-corrected chi connectivity index (χ1v) is 7.09. The van der Waals surface area contributed by atoms with Crippen molar-refractivity contribution in [3.63, 3.8) is 0 Å². The summed E-state index contributed by atoms with van der Waals surface area (Å²) in [6.07, 6.45) is 1.25. The maximum atomic E-state index is 2.29. The SMILES string of the molecule is CC[PH+](c1ccccc1)c1ccccc1.[Cl-]. The lowest BCUT2D eigenvalue weighted by molar-refractivity contribution is -0.00000294. The molecule has 2 heteroatoms. The van der Waals surface area contributed by atoms with Gasteiger partial charge in [-0.2, -0.15) is 0 Å². The van der Waals surface area contributed by atoms with Crippen LogP contribution in [0.15, 0.2) is 60.7 Å². The van der Waals surface area contributed by atoms with E-state index in [2.05, 4.69) is 67.6 Å². The van der Waals surface area contributed by atoms with Gasteiger partial charge in [-0.1, -0.05) is 36.4 Å². The minimum Gasteiger partial charge on any atom is -1.00 e. The summed E-state index contributed by atoms with van der Waals surface area (Å²) in [5, 5.41) is 3.02. The quantitative estimate of drug-likeness (QED) is 0.667. The molecule has 0 N–H and O–H groups in total. The van der Waals surface area contributed by atoms with E-state index < -0.39 is 7.92 Å². The topological polar surface area (TPSA) is 0 Å². The fourth-order valence-corrected chi connectivity index (χ4v) is 4.19. The minimum atomic E-state index is -0.539. The Labute approximate surface area is 105 Å². The van der Waals surface area contributed by atoms with Crippen molar-refractivity contribution in [2.75, 3.05) is 6.16 Å². The van der Waals surface area contributed by atoms with Gasteiger partial charge in [-0.15, -0.1) is 0 Å². The highest BCUT2D eigenvalue weighted by Crippen LogP contribution is 2.32. The summed E-state index contributed by atoms with van der Waals surface area (Å²) in [6, 6.07) is 21.7. The van der Waals surface area contributed by atoms with Gasteiger partial charge < -0.3 is 12.4 Å². The van der Waals surface area contributed by atoms with Crippen molar-refractivity contribution in [2.24, 2.45) is 0 Å². The van der Waals surface area contributed by atoms with Crippen LogP contribution in [0.4, 0.5) is 0 Å². The van der Waals surface area contributed by atoms with Gasteiger partial charge in [0.1, 0.15) is 0 Å². The number of halogens is 1. The third kappa shape index (κ3) is 3.07. The molecule has 0 nitrogen and oxygen atoms in total. The molecule has 0 fully saturated rings. The molecule has 0 saturated carbocycles. The number of hydrogen-bond donors (Lipinski definition) is 0. The van der Waals surface area contributed by atoms with E-state index >= 15 is 0 Å². The number of rotatable bonds is 3. The Kier molecular flexibility index (Phi) is 5.52. The zero-order valence-electron chi connectivity index (χ0n) is 9.36. The molecule has 0 bridgehead atoms. The molecule has 0 atom stereocenters. The molecular formula is C14H16ClP. The minimum absolute atomic E-state index is 0. The zero-order valence-corrected chi connectivity index (χ0v) is 11.1. The number of benzene rings is 2. The zero-order chi connectivity index (χ0) is 10.5. The van der Waals surface area contributed by atoms with Crippen molar-refractivity contribution in [1.82, 2.24) is 0 Å². The van der Waals surface area contributed by atoms with Crippen molar-refractivity contribution in [2.45, 2.75) is 6.92 Å². The summed E-state index contributed by atoms with van der Waals surface area (Å²) in [5.74, 6) is 0. The van der Waals surface area contributed by atoms with E-state index in [0.717, 1.165) is 0 Å². The van der Waals surface area contributed by atoms with Gasteiger partial charge >= 0.3 is 0 Å². The highest BCUT2D eigenvalue weighted by molar-refractivity contribution is 7.72. The van der Waals surface area contributed by atoms with Crippen molar-refractivity contribution < 1.29 is 12.4 Å². The van der Waals surface area contributed by atoms with E-state index in [1.165, 1.54) is 16.8 Å². The summed E-state index contributed by atoms with van der Waals surface area (Å²) < 4.78 is 0. The van der Waals surface area contributed by atoms with Crippen LogP contribution < -0.4 is 23.0 Å². The lowest BCUT2D eigenvalue weighted by atomic mass is 10.4. The largest absolute Gasteiger partial charge is 1.00 e. The molecular weight excluding hydrogens is 235 g/mol. The van der Waals surface area contributed by atoms with Gasteiger partial charge in [-0.05, 0) is 31.2 Å². The van der Waals surface area contributed by atoms with E-state index in [9.17, 15) is 0 Å². The molecule has 2 aromatic rings. The first-order valence-electron chi connectivity index (χ1n) is 5.38. The maximum Gasteiger partial charge on any atom is 0.0966 e. The molecule has 16 heavy (non-hydrogen) atoms. The van der Waals surface area contributed by atoms with Crippen molar-refractivity contribution >= 4 is 18.5 Å². The van der Waals surface area contributed by atoms with Crippen LogP contribution in [-0.4, -0.2) is 6.16 Å². The van der Waals surface area contributed by atoms with Crippen LogP contribution in [0, 0.1) is 0 Å². The van der Waals surface area contributed by atoms with Gasteiger partial charge in [0.25, 0.3) is 0 Å². The smallest absolute Gasteiger partial charge is 0.0966 e. The van der Waals surface area contributed by atoms with Crippen LogP contribution in [0.5, 0.6) is 0 Å². The molecule has 2 rings (SSSR count). The van der Waals surface area contributed by atoms with Gasteiger partial charge in [0.05, 0.1) is 24.7 Å². The second kappa shape index (κ2) is 6.68. The highest BCUT2D eigenvalue weighted by Gasteiger charge is 2.18. The highest BCUT2D eigenvalue weighted by atomic mass is 35.5. The van der Waals surface area contributed by atoms with E-state index in [4.69, 9.17) is 0 Å². The van der Waals surface area contributed by atoms with Crippen LogP contribution in [0.1, 0.15) is 6.92 Å². The molecule has 2 aromatic carbocycles. The number of hydrogen-bond acceptors (Lipinski definition) is 0. The lowest BCUT2D eigenvalue weighted by Gasteiger charge is -2.07. The molecule has 0 amide bonds. The van der Waals surface area contributed by atoms with Gasteiger partial charge in [0, 0.05) is 0 Å². The van der Waals surface area contributed by atoms with Crippen LogP contribution in [0.2, 0.25) is 0 Å². The Bertz CT molecular complexity index is 360. The monoisotopic (exact) mass is 250 g/mol. The Hall–Kier alpha value is -0.840. The van der Waals surface area contributed by atoms with Crippen molar-refractivity contribution in [3.05, 3.63) is 60.7 Å². The third-order valence-electron chi connectivity index (χ3n) is 2.60. The van der Waals surface area contributed by atoms with Gasteiger partial charge in [0.15, 0.2) is 0 Å². The first-order chi connectivity index (χ1) is 7.42. The first kappa shape index (κ1) is 13.2. The molecule has 0 heterocycles. The Morgan fingerprint density at radius 1 is 0.750 bits per heavy atom. The van der Waals surface area contributed by atoms with Crippen LogP contribution in [-0.2, 0) is 0 Å². The molecule has 0 aliphatic rings. The molecule has 84 valence electrons. The fraction of sp³-hybridized carbons (Fsp3) is 0.143. The Morgan fingerprint density at radius 2 is 1.12 bits per heavy atom. The normalized spacial score (nSPS) is 9.88. The van der Waals surface area contributed by atoms with E-state index in [0.29, 0.717) is 0 Å². The molecule has 0 unspecified atom stereocenters. The van der Waals surface area contributed by atoms with Gasteiger partial charge in [0.2, 0.25) is 0 Å². The lowest BCUT2D eigenvalue weighted by Crippen LogP contribution is -3.00. The predicted molar refractivity (Wildman–Crippen MR) is 71.0 cm³/mol. The van der Waals surface area contributed by atoms with Crippen molar-refractivity contribution in [3.8, 4) is 0 Å². The molecule has 0 saturated heterocycles. The Balaban J connectivity index is 0.00000128. The standard InChI is InChI=1S/C14H15P.ClH/c1-2-15(13-9-5-3-6-10-13)14-11-7-4-8-12-14;/h3-12H,2H2,1H3;1H. The van der Waals surface area contributed by atoms with Crippen LogP contribution in [0.3, 0.4) is 0 Å². The van der Waals surface area contributed by atoms with E-state index in [1.807, 2.05) is 0 Å². The summed E-state index contributed by atoms with van der Waals surface area (Å²) in [5.41, 5.74) is 0. The summed E-state index contributed by atoms with van der Waals surface area (Å²) in [4.78, 5) is 0. The maximum absolute atomic E-state index is 2.29. The molecule has 0 aliphatic carbocycles. The second-order valence-corrected chi connectivity index (χ2v) is 6.38. The van der Waals surface area contributed by atoms with Crippen LogP contribution in [0.25, 0.3) is 0 Å². The van der Waals surface area contributed by atoms with Crippen LogP contribution >= 0.6 is 7.92 Å². The molecule has 0 aliphatic heterocycles. The summed E-state index contributed by atoms with van der Waals surface area (Å²) in [7, 11) is -0.539. The third-order valence-corrected chi connectivity index (χ3v) is 5.37. The Morgan fingerprint density at radius 3 is 1.44 bits per heavy atom. The fourth-order valence-electron chi connectivity index (χ4n) is 1.85. The van der Waals surface area contributed by atoms with Gasteiger partial charge in [-0.3, -0.25) is 0 Å². The average Bonchev–Trinajstić information content (AvgIpc) is 2.33.